The van der Waals surface area contributed by atoms with Gasteiger partial charge in [-0.05, 0) is 42.3 Å². The second kappa shape index (κ2) is 12.0. The summed E-state index contributed by atoms with van der Waals surface area (Å²) >= 11 is 0. The first-order chi connectivity index (χ1) is 14.8. The number of ether oxygens (including phenoxy) is 2. The zero-order chi connectivity index (χ0) is 22.8. The molecule has 0 aliphatic heterocycles. The van der Waals surface area contributed by atoms with Gasteiger partial charge in [0.05, 0.1) is 20.3 Å². The van der Waals surface area contributed by atoms with Gasteiger partial charge in [0.2, 0.25) is 5.91 Å². The van der Waals surface area contributed by atoms with Crippen molar-refractivity contribution in [1.82, 2.24) is 14.4 Å². The summed E-state index contributed by atoms with van der Waals surface area (Å²) in [6, 6.07) is 10.7. The predicted molar refractivity (Wildman–Crippen MR) is 121 cm³/mol. The normalized spacial score (nSPS) is 10.8. The molecule has 31 heavy (non-hydrogen) atoms. The Labute approximate surface area is 184 Å². The molecule has 170 valence electrons. The van der Waals surface area contributed by atoms with E-state index >= 15 is 0 Å². The number of anilines is 1. The molecule has 0 aliphatic carbocycles. The maximum Gasteiger partial charge on any atom is 0.322 e. The van der Waals surface area contributed by atoms with E-state index in [9.17, 15) is 9.59 Å². The fourth-order valence-corrected chi connectivity index (χ4v) is 3.15. The van der Waals surface area contributed by atoms with Crippen LogP contribution >= 0.6 is 0 Å². The zero-order valence-corrected chi connectivity index (χ0v) is 19.1. The van der Waals surface area contributed by atoms with Crippen LogP contribution in [0.4, 0.5) is 10.5 Å². The third-order valence-electron chi connectivity index (χ3n) is 4.86. The molecule has 0 unspecified atom stereocenters. The summed E-state index contributed by atoms with van der Waals surface area (Å²) in [5, 5.41) is 2.87. The van der Waals surface area contributed by atoms with Crippen LogP contribution in [-0.2, 0) is 23.1 Å². The third-order valence-corrected chi connectivity index (χ3v) is 4.86. The molecule has 1 heterocycles. The van der Waals surface area contributed by atoms with Gasteiger partial charge in [0, 0.05) is 44.8 Å². The highest BCUT2D eigenvalue weighted by Crippen LogP contribution is 2.16. The van der Waals surface area contributed by atoms with Crippen molar-refractivity contribution in [3.05, 3.63) is 48.3 Å². The lowest BCUT2D eigenvalue weighted by atomic mass is 10.2. The van der Waals surface area contributed by atoms with Gasteiger partial charge >= 0.3 is 6.03 Å². The van der Waals surface area contributed by atoms with E-state index < -0.39 is 0 Å². The van der Waals surface area contributed by atoms with Crippen LogP contribution in [0.3, 0.4) is 0 Å². The van der Waals surface area contributed by atoms with Crippen molar-refractivity contribution in [2.75, 3.05) is 45.8 Å². The second-order valence-corrected chi connectivity index (χ2v) is 7.85. The second-order valence-electron chi connectivity index (χ2n) is 7.85. The van der Waals surface area contributed by atoms with Gasteiger partial charge in [-0.2, -0.15) is 0 Å². The lowest BCUT2D eigenvalue weighted by Crippen LogP contribution is -2.46. The lowest BCUT2D eigenvalue weighted by molar-refractivity contribution is -0.133. The zero-order valence-electron chi connectivity index (χ0n) is 19.1. The molecule has 0 saturated heterocycles. The summed E-state index contributed by atoms with van der Waals surface area (Å²) in [5.74, 6) is 0.806. The lowest BCUT2D eigenvalue weighted by Gasteiger charge is -2.29. The standard InChI is InChI=1S/C23H34N4O4/c1-18(2)15-27(23(29)24-19-8-10-21(31-5)11-9-19)17-22(28)26(13-14-30-4)16-20-7-6-12-25(20)3/h6-12,18H,13-17H2,1-5H3,(H,24,29). The van der Waals surface area contributed by atoms with Crippen molar-refractivity contribution in [2.24, 2.45) is 13.0 Å². The first kappa shape index (κ1) is 24.3. The maximum absolute atomic E-state index is 13.1. The van der Waals surface area contributed by atoms with Crippen LogP contribution in [0.1, 0.15) is 19.5 Å². The van der Waals surface area contributed by atoms with Crippen LogP contribution in [0.15, 0.2) is 42.6 Å². The Bertz CT molecular complexity index is 832. The monoisotopic (exact) mass is 430 g/mol. The number of aryl methyl sites for hydroxylation is 1. The fourth-order valence-electron chi connectivity index (χ4n) is 3.15. The number of urea groups is 1. The van der Waals surface area contributed by atoms with E-state index in [4.69, 9.17) is 9.47 Å². The molecule has 0 aliphatic rings. The Morgan fingerprint density at radius 1 is 1.10 bits per heavy atom. The molecule has 8 nitrogen and oxygen atoms in total. The number of hydrogen-bond acceptors (Lipinski definition) is 4. The van der Waals surface area contributed by atoms with E-state index in [0.29, 0.717) is 37.7 Å². The number of benzene rings is 1. The van der Waals surface area contributed by atoms with Gasteiger partial charge in [-0.15, -0.1) is 0 Å². The molecule has 2 rings (SSSR count). The minimum absolute atomic E-state index is 0.00565. The van der Waals surface area contributed by atoms with Crippen molar-refractivity contribution in [2.45, 2.75) is 20.4 Å². The van der Waals surface area contributed by atoms with Crippen molar-refractivity contribution in [3.63, 3.8) is 0 Å². The molecule has 8 heteroatoms. The highest BCUT2D eigenvalue weighted by molar-refractivity contribution is 5.92. The van der Waals surface area contributed by atoms with Crippen LogP contribution in [0.2, 0.25) is 0 Å². The minimum atomic E-state index is -0.308. The molecule has 0 atom stereocenters. The SMILES string of the molecule is COCCN(Cc1cccn1C)C(=O)CN(CC(C)C)C(=O)Nc1ccc(OC)cc1. The number of methoxy groups -OCH3 is 2. The van der Waals surface area contributed by atoms with Crippen molar-refractivity contribution in [3.8, 4) is 5.75 Å². The van der Waals surface area contributed by atoms with Gasteiger partial charge in [0.1, 0.15) is 12.3 Å². The number of nitrogens with one attached hydrogen (secondary N) is 1. The number of carbonyl (C=O) groups excluding carboxylic acids is 2. The van der Waals surface area contributed by atoms with Crippen LogP contribution in [-0.4, -0.2) is 66.8 Å². The van der Waals surface area contributed by atoms with Crippen molar-refractivity contribution >= 4 is 17.6 Å². The number of aromatic nitrogens is 1. The molecule has 1 N–H and O–H groups in total. The molecule has 0 spiro atoms. The average molecular weight is 431 g/mol. The molecule has 2 aromatic rings. The first-order valence-corrected chi connectivity index (χ1v) is 10.4. The van der Waals surface area contributed by atoms with Gasteiger partial charge < -0.3 is 29.2 Å². The quantitative estimate of drug-likeness (QED) is 0.594. The summed E-state index contributed by atoms with van der Waals surface area (Å²) in [7, 11) is 5.15. The van der Waals surface area contributed by atoms with E-state index in [1.807, 2.05) is 43.8 Å². The predicted octanol–water partition coefficient (Wildman–Crippen LogP) is 3.20. The number of carbonyl (C=O) groups is 2. The van der Waals surface area contributed by atoms with E-state index in [1.54, 1.807) is 48.3 Å². The van der Waals surface area contributed by atoms with Gasteiger partial charge in [-0.1, -0.05) is 13.8 Å². The van der Waals surface area contributed by atoms with Crippen molar-refractivity contribution in [1.29, 1.82) is 0 Å². The highest BCUT2D eigenvalue weighted by atomic mass is 16.5. The Hall–Kier alpha value is -3.00. The van der Waals surface area contributed by atoms with Gasteiger partial charge in [0.15, 0.2) is 0 Å². The molecule has 0 bridgehead atoms. The van der Waals surface area contributed by atoms with Gasteiger partial charge in [-0.3, -0.25) is 4.79 Å². The van der Waals surface area contributed by atoms with E-state index in [2.05, 4.69) is 5.32 Å². The average Bonchev–Trinajstić information content (AvgIpc) is 3.15. The highest BCUT2D eigenvalue weighted by Gasteiger charge is 2.23. The Balaban J connectivity index is 2.10. The third kappa shape index (κ3) is 7.64. The number of amides is 3. The Morgan fingerprint density at radius 3 is 2.35 bits per heavy atom. The molecule has 1 aromatic carbocycles. The van der Waals surface area contributed by atoms with Crippen LogP contribution in [0.5, 0.6) is 5.75 Å². The molecule has 3 amide bonds. The topological polar surface area (TPSA) is 76.0 Å². The smallest absolute Gasteiger partial charge is 0.322 e. The Morgan fingerprint density at radius 2 is 1.81 bits per heavy atom. The van der Waals surface area contributed by atoms with E-state index in [0.717, 1.165) is 5.69 Å². The molecular weight excluding hydrogens is 396 g/mol. The van der Waals surface area contributed by atoms with Crippen LogP contribution < -0.4 is 10.1 Å². The molecule has 1 aromatic heterocycles. The molecule has 0 saturated carbocycles. The summed E-state index contributed by atoms with van der Waals surface area (Å²) < 4.78 is 12.3. The maximum atomic E-state index is 13.1. The van der Waals surface area contributed by atoms with Crippen LogP contribution in [0.25, 0.3) is 0 Å². The molecule has 0 fully saturated rings. The molecular formula is C23H34N4O4. The van der Waals surface area contributed by atoms with Gasteiger partial charge in [-0.25, -0.2) is 4.79 Å². The summed E-state index contributed by atoms with van der Waals surface area (Å²) in [6.45, 7) is 5.84. The Kier molecular flexibility index (Phi) is 9.40. The minimum Gasteiger partial charge on any atom is -0.497 e. The van der Waals surface area contributed by atoms with Crippen molar-refractivity contribution < 1.29 is 19.1 Å². The number of hydrogen-bond donors (Lipinski definition) is 1. The summed E-state index contributed by atoms with van der Waals surface area (Å²) in [5.41, 5.74) is 1.66. The largest absolute Gasteiger partial charge is 0.497 e. The summed E-state index contributed by atoms with van der Waals surface area (Å²) in [6.07, 6.45) is 1.95. The number of nitrogens with zero attached hydrogens (tertiary/aromatic N) is 3. The fraction of sp³-hybridized carbons (Fsp3) is 0.478. The first-order valence-electron chi connectivity index (χ1n) is 10.4. The number of rotatable bonds is 11. The molecule has 0 radical (unpaired) electrons. The van der Waals surface area contributed by atoms with E-state index in [-0.39, 0.29) is 24.4 Å². The summed E-state index contributed by atoms with van der Waals surface area (Å²) in [4.78, 5) is 29.4. The van der Waals surface area contributed by atoms with E-state index in [1.165, 1.54) is 0 Å². The van der Waals surface area contributed by atoms with Crippen LogP contribution in [0, 0.1) is 5.92 Å². The van der Waals surface area contributed by atoms with Gasteiger partial charge in [0.25, 0.3) is 0 Å².